The summed E-state index contributed by atoms with van der Waals surface area (Å²) in [5, 5.41) is 11.1. The van der Waals surface area contributed by atoms with Crippen molar-refractivity contribution < 1.29 is 8.78 Å². The number of aromatic nitrogens is 3. The van der Waals surface area contributed by atoms with Crippen LogP contribution >= 0.6 is 15.9 Å². The van der Waals surface area contributed by atoms with Gasteiger partial charge in [-0.25, -0.2) is 13.5 Å². The van der Waals surface area contributed by atoms with Crippen LogP contribution in [0.5, 0.6) is 0 Å². The highest BCUT2D eigenvalue weighted by molar-refractivity contribution is 9.10. The molecule has 21 heavy (non-hydrogen) atoms. The molecule has 2 rings (SSSR count). The molecule has 7 heteroatoms. The Balaban J connectivity index is 2.33. The summed E-state index contributed by atoms with van der Waals surface area (Å²) in [4.78, 5) is 0. The van der Waals surface area contributed by atoms with Crippen LogP contribution in [0.25, 0.3) is 0 Å². The van der Waals surface area contributed by atoms with Crippen molar-refractivity contribution in [1.82, 2.24) is 20.3 Å². The van der Waals surface area contributed by atoms with Gasteiger partial charge in [0.1, 0.15) is 11.6 Å². The fraction of sp³-hybridized carbons (Fsp3) is 0.429. The van der Waals surface area contributed by atoms with Crippen LogP contribution < -0.4 is 5.32 Å². The molecule has 1 unspecified atom stereocenters. The van der Waals surface area contributed by atoms with E-state index in [1.54, 1.807) is 11.7 Å². The van der Waals surface area contributed by atoms with E-state index >= 15 is 0 Å². The van der Waals surface area contributed by atoms with Gasteiger partial charge in [0, 0.05) is 12.6 Å². The third kappa shape index (κ3) is 3.65. The molecule has 0 saturated heterocycles. The summed E-state index contributed by atoms with van der Waals surface area (Å²) in [7, 11) is 1.76. The molecule has 0 bridgehead atoms. The van der Waals surface area contributed by atoms with Crippen LogP contribution in [0.1, 0.15) is 30.6 Å². The van der Waals surface area contributed by atoms with Gasteiger partial charge in [0.05, 0.1) is 11.7 Å². The summed E-state index contributed by atoms with van der Waals surface area (Å²) >= 11 is 3.34. The van der Waals surface area contributed by atoms with Gasteiger partial charge in [0.15, 0.2) is 4.60 Å². The van der Waals surface area contributed by atoms with Crippen LogP contribution in [0.2, 0.25) is 0 Å². The highest BCUT2D eigenvalue weighted by Crippen LogP contribution is 2.26. The van der Waals surface area contributed by atoms with Gasteiger partial charge >= 0.3 is 0 Å². The summed E-state index contributed by atoms with van der Waals surface area (Å²) in [6.07, 6.45) is 1.11. The average molecular weight is 359 g/mol. The minimum atomic E-state index is -0.537. The van der Waals surface area contributed by atoms with E-state index in [0.717, 1.165) is 18.7 Å². The van der Waals surface area contributed by atoms with Crippen molar-refractivity contribution in [3.05, 3.63) is 45.7 Å². The van der Waals surface area contributed by atoms with Gasteiger partial charge in [0.25, 0.3) is 0 Å². The molecule has 0 aliphatic heterocycles. The predicted octanol–water partition coefficient (Wildman–Crippen LogP) is 3.14. The van der Waals surface area contributed by atoms with Crippen LogP contribution in [-0.2, 0) is 13.5 Å². The predicted molar refractivity (Wildman–Crippen MR) is 79.8 cm³/mol. The molecular weight excluding hydrogens is 342 g/mol. The number of nitrogens with zero attached hydrogens (tertiary/aromatic N) is 3. The molecule has 1 aromatic carbocycles. The van der Waals surface area contributed by atoms with Crippen molar-refractivity contribution in [2.24, 2.45) is 7.05 Å². The second-order valence-corrected chi connectivity index (χ2v) is 5.55. The molecular formula is C14H17BrF2N4. The van der Waals surface area contributed by atoms with E-state index in [1.165, 1.54) is 18.2 Å². The van der Waals surface area contributed by atoms with Gasteiger partial charge < -0.3 is 5.32 Å². The normalized spacial score (nSPS) is 12.6. The molecule has 1 atom stereocenters. The lowest BCUT2D eigenvalue weighted by molar-refractivity contribution is 0.465. The average Bonchev–Trinajstić information content (AvgIpc) is 2.78. The lowest BCUT2D eigenvalue weighted by Gasteiger charge is -2.19. The Morgan fingerprint density at radius 1 is 1.33 bits per heavy atom. The van der Waals surface area contributed by atoms with Crippen LogP contribution in [0.4, 0.5) is 8.78 Å². The van der Waals surface area contributed by atoms with E-state index in [9.17, 15) is 8.78 Å². The maximum Gasteiger partial charge on any atom is 0.153 e. The number of hydrogen-bond acceptors (Lipinski definition) is 3. The summed E-state index contributed by atoms with van der Waals surface area (Å²) in [6, 6.07) is 3.63. The van der Waals surface area contributed by atoms with Crippen LogP contribution in [0.3, 0.4) is 0 Å². The molecule has 0 aliphatic rings. The number of rotatable bonds is 6. The van der Waals surface area contributed by atoms with Gasteiger partial charge in [-0.2, -0.15) is 0 Å². The first-order valence-electron chi connectivity index (χ1n) is 6.76. The summed E-state index contributed by atoms with van der Waals surface area (Å²) in [5.74, 6) is -1.07. The molecule has 0 saturated carbocycles. The van der Waals surface area contributed by atoms with E-state index in [4.69, 9.17) is 0 Å². The largest absolute Gasteiger partial charge is 0.308 e. The molecule has 4 nitrogen and oxygen atoms in total. The van der Waals surface area contributed by atoms with Crippen molar-refractivity contribution in [3.8, 4) is 0 Å². The molecule has 114 valence electrons. The topological polar surface area (TPSA) is 42.7 Å². The molecule has 0 fully saturated rings. The standard InChI is InChI=1S/C14H17BrF2N4/c1-3-7-18-12(13-14(15)19-20-21(13)2)8-9-10(16)5-4-6-11(9)17/h4-6,12,18H,3,7-8H2,1-2H3. The van der Waals surface area contributed by atoms with Crippen molar-refractivity contribution >= 4 is 15.9 Å². The van der Waals surface area contributed by atoms with Gasteiger partial charge in [-0.15, -0.1) is 5.10 Å². The van der Waals surface area contributed by atoms with Crippen molar-refractivity contribution in [1.29, 1.82) is 0 Å². The first-order valence-corrected chi connectivity index (χ1v) is 7.55. The lowest BCUT2D eigenvalue weighted by Crippen LogP contribution is -2.27. The minimum Gasteiger partial charge on any atom is -0.308 e. The SMILES string of the molecule is CCCNC(Cc1c(F)cccc1F)c1c(Br)nnn1C. The summed E-state index contributed by atoms with van der Waals surface area (Å²) < 4.78 is 29.9. The number of hydrogen-bond donors (Lipinski definition) is 1. The first-order chi connectivity index (χ1) is 10.0. The Kier molecular flexibility index (Phi) is 5.41. The van der Waals surface area contributed by atoms with E-state index in [2.05, 4.69) is 31.6 Å². The Morgan fingerprint density at radius 3 is 2.52 bits per heavy atom. The number of aryl methyl sites for hydroxylation is 1. The lowest BCUT2D eigenvalue weighted by atomic mass is 10.0. The molecule has 0 spiro atoms. The maximum absolute atomic E-state index is 13.9. The van der Waals surface area contributed by atoms with E-state index in [0.29, 0.717) is 4.60 Å². The third-order valence-corrected chi connectivity index (χ3v) is 3.83. The molecule has 1 heterocycles. The zero-order valence-electron chi connectivity index (χ0n) is 11.9. The van der Waals surface area contributed by atoms with Crippen molar-refractivity contribution in [2.45, 2.75) is 25.8 Å². The molecule has 1 N–H and O–H groups in total. The zero-order valence-corrected chi connectivity index (χ0v) is 13.5. The van der Waals surface area contributed by atoms with Crippen molar-refractivity contribution in [3.63, 3.8) is 0 Å². The van der Waals surface area contributed by atoms with Crippen LogP contribution in [0, 0.1) is 11.6 Å². The van der Waals surface area contributed by atoms with Gasteiger partial charge in [-0.05, 0) is 47.4 Å². The highest BCUT2D eigenvalue weighted by atomic mass is 79.9. The van der Waals surface area contributed by atoms with E-state index < -0.39 is 11.6 Å². The van der Waals surface area contributed by atoms with Crippen molar-refractivity contribution in [2.75, 3.05) is 6.54 Å². The molecule has 2 aromatic rings. The fourth-order valence-corrected chi connectivity index (χ4v) is 2.83. The molecule has 0 aliphatic carbocycles. The quantitative estimate of drug-likeness (QED) is 0.862. The smallest absolute Gasteiger partial charge is 0.153 e. The number of benzene rings is 1. The minimum absolute atomic E-state index is 0.0687. The van der Waals surface area contributed by atoms with E-state index in [1.807, 2.05) is 6.92 Å². The van der Waals surface area contributed by atoms with Crippen LogP contribution in [0.15, 0.2) is 22.8 Å². The van der Waals surface area contributed by atoms with Crippen LogP contribution in [-0.4, -0.2) is 21.5 Å². The monoisotopic (exact) mass is 358 g/mol. The van der Waals surface area contributed by atoms with Gasteiger partial charge in [0.2, 0.25) is 0 Å². The third-order valence-electron chi connectivity index (χ3n) is 3.27. The molecule has 0 amide bonds. The second kappa shape index (κ2) is 7.09. The van der Waals surface area contributed by atoms with Gasteiger partial charge in [-0.1, -0.05) is 18.2 Å². The Hall–Kier alpha value is -1.34. The van der Waals surface area contributed by atoms with E-state index in [-0.39, 0.29) is 18.0 Å². The Bertz CT molecular complexity index is 575. The number of halogens is 3. The maximum atomic E-state index is 13.9. The second-order valence-electron chi connectivity index (χ2n) is 4.80. The zero-order chi connectivity index (χ0) is 15.4. The molecule has 1 aromatic heterocycles. The Labute approximate surface area is 130 Å². The number of nitrogens with one attached hydrogen (secondary N) is 1. The van der Waals surface area contributed by atoms with Gasteiger partial charge in [-0.3, -0.25) is 0 Å². The molecule has 0 radical (unpaired) electrons. The summed E-state index contributed by atoms with van der Waals surface area (Å²) in [6.45, 7) is 2.77. The summed E-state index contributed by atoms with van der Waals surface area (Å²) in [5.41, 5.74) is 0.838. The Morgan fingerprint density at radius 2 is 2.00 bits per heavy atom. The first kappa shape index (κ1) is 16.0. The highest BCUT2D eigenvalue weighted by Gasteiger charge is 2.23. The fourth-order valence-electron chi connectivity index (χ4n) is 2.22.